The van der Waals surface area contributed by atoms with Crippen LogP contribution in [0, 0.1) is 0 Å². The Hall–Kier alpha value is -5.02. The molecular formula is C56H59BN2. The van der Waals surface area contributed by atoms with E-state index in [2.05, 4.69) is 173 Å². The van der Waals surface area contributed by atoms with E-state index in [1.54, 1.807) is 0 Å². The highest BCUT2D eigenvalue weighted by Gasteiger charge is 2.47. The molecule has 3 aliphatic carbocycles. The fourth-order valence-electron chi connectivity index (χ4n) is 11.9. The van der Waals surface area contributed by atoms with E-state index in [9.17, 15) is 0 Å². The lowest BCUT2D eigenvalue weighted by atomic mass is 9.33. The van der Waals surface area contributed by atoms with Crippen molar-refractivity contribution in [2.24, 2.45) is 0 Å². The average Bonchev–Trinajstić information content (AvgIpc) is 3.24. The summed E-state index contributed by atoms with van der Waals surface area (Å²) in [5.74, 6) is 0.382. The van der Waals surface area contributed by atoms with Gasteiger partial charge in [0.2, 0.25) is 0 Å². The lowest BCUT2D eigenvalue weighted by Crippen LogP contribution is -2.64. The van der Waals surface area contributed by atoms with E-state index in [-0.39, 0.29) is 17.5 Å². The highest BCUT2D eigenvalue weighted by molar-refractivity contribution is 7.00. The molecule has 2 heterocycles. The number of hydrogen-bond acceptors (Lipinski definition) is 2. The number of hydrogen-bond donors (Lipinski definition) is 0. The van der Waals surface area contributed by atoms with Crippen LogP contribution in [0.4, 0.5) is 22.7 Å². The first-order chi connectivity index (χ1) is 28.5. The van der Waals surface area contributed by atoms with E-state index in [0.717, 1.165) is 38.5 Å². The SMILES string of the molecule is CC(C)(C)c1ccc2c(c1)N(C1CCc3ccccc3C1)c1cc(C3CCCc4ccccc43)cc3c1B2c1ccc(C(C)(C)C)cc1N3C1CCc2ccccc2C1. The first kappa shape index (κ1) is 37.0. The molecule has 0 fully saturated rings. The monoisotopic (exact) mass is 770 g/mol. The Morgan fingerprint density at radius 2 is 0.949 bits per heavy atom. The van der Waals surface area contributed by atoms with E-state index in [4.69, 9.17) is 0 Å². The van der Waals surface area contributed by atoms with Gasteiger partial charge in [0.05, 0.1) is 0 Å². The van der Waals surface area contributed by atoms with Gasteiger partial charge in [-0.05, 0) is 159 Å². The molecule has 0 bridgehead atoms. The van der Waals surface area contributed by atoms with E-state index in [1.807, 2.05) is 0 Å². The minimum absolute atomic E-state index is 0.0408. The molecule has 3 atom stereocenters. The van der Waals surface area contributed by atoms with Crippen LogP contribution in [0.25, 0.3) is 0 Å². The molecule has 11 rings (SSSR count). The van der Waals surface area contributed by atoms with Gasteiger partial charge in [0.1, 0.15) is 0 Å². The number of benzene rings is 6. The molecule has 0 radical (unpaired) electrons. The van der Waals surface area contributed by atoms with Crippen molar-refractivity contribution < 1.29 is 0 Å². The zero-order chi connectivity index (χ0) is 40.2. The molecule has 3 heteroatoms. The molecule has 6 aromatic carbocycles. The van der Waals surface area contributed by atoms with E-state index in [1.165, 1.54) is 108 Å². The van der Waals surface area contributed by atoms with Gasteiger partial charge in [-0.25, -0.2) is 0 Å². The molecule has 2 nitrogen and oxygen atoms in total. The van der Waals surface area contributed by atoms with Gasteiger partial charge in [-0.1, -0.05) is 139 Å². The molecule has 0 N–H and O–H groups in total. The maximum Gasteiger partial charge on any atom is 0.252 e. The molecule has 0 saturated carbocycles. The first-order valence-electron chi connectivity index (χ1n) is 22.8. The predicted molar refractivity (Wildman–Crippen MR) is 251 cm³/mol. The third-order valence-electron chi connectivity index (χ3n) is 15.0. The number of rotatable bonds is 3. The quantitative estimate of drug-likeness (QED) is 0.165. The van der Waals surface area contributed by atoms with Crippen molar-refractivity contribution in [2.75, 3.05) is 9.80 Å². The van der Waals surface area contributed by atoms with Gasteiger partial charge in [0, 0.05) is 40.8 Å². The summed E-state index contributed by atoms with van der Waals surface area (Å²) in [6, 6.07) is 49.2. The number of aryl methyl sites for hydroxylation is 3. The zero-order valence-electron chi connectivity index (χ0n) is 36.1. The molecule has 2 aliphatic heterocycles. The minimum Gasteiger partial charge on any atom is -0.339 e. The Bertz CT molecular complexity index is 2470. The third-order valence-corrected chi connectivity index (χ3v) is 15.0. The summed E-state index contributed by atoms with van der Waals surface area (Å²) >= 11 is 0. The predicted octanol–water partition coefficient (Wildman–Crippen LogP) is 11.3. The summed E-state index contributed by atoms with van der Waals surface area (Å²) in [6.07, 6.45) is 10.3. The number of anilines is 4. The molecule has 0 aromatic heterocycles. The fourth-order valence-corrected chi connectivity index (χ4v) is 11.9. The lowest BCUT2D eigenvalue weighted by Gasteiger charge is -2.50. The van der Waals surface area contributed by atoms with Crippen LogP contribution < -0.4 is 26.2 Å². The van der Waals surface area contributed by atoms with Gasteiger partial charge in [-0.15, -0.1) is 0 Å². The summed E-state index contributed by atoms with van der Waals surface area (Å²) in [7, 11) is 0. The van der Waals surface area contributed by atoms with Crippen LogP contribution in [-0.2, 0) is 42.9 Å². The molecule has 0 amide bonds. The van der Waals surface area contributed by atoms with E-state index < -0.39 is 0 Å². The van der Waals surface area contributed by atoms with Crippen LogP contribution in [0.3, 0.4) is 0 Å². The lowest BCUT2D eigenvalue weighted by molar-refractivity contribution is 0.557. The first-order valence-corrected chi connectivity index (χ1v) is 22.8. The number of nitrogens with zero attached hydrogens (tertiary/aromatic N) is 2. The average molecular weight is 771 g/mol. The summed E-state index contributed by atoms with van der Waals surface area (Å²) in [4.78, 5) is 5.77. The molecule has 6 aromatic rings. The smallest absolute Gasteiger partial charge is 0.252 e. The third kappa shape index (κ3) is 6.12. The Kier molecular flexibility index (Phi) is 8.64. The summed E-state index contributed by atoms with van der Waals surface area (Å²) < 4.78 is 0. The second-order valence-electron chi connectivity index (χ2n) is 20.7. The zero-order valence-corrected chi connectivity index (χ0v) is 36.1. The van der Waals surface area contributed by atoms with Crippen molar-refractivity contribution in [1.29, 1.82) is 0 Å². The van der Waals surface area contributed by atoms with E-state index >= 15 is 0 Å². The van der Waals surface area contributed by atoms with Crippen molar-refractivity contribution in [3.63, 3.8) is 0 Å². The molecule has 59 heavy (non-hydrogen) atoms. The van der Waals surface area contributed by atoms with Crippen molar-refractivity contribution in [3.8, 4) is 0 Å². The second kappa shape index (κ2) is 13.8. The summed E-state index contributed by atoms with van der Waals surface area (Å²) in [6.45, 7) is 14.5. The Morgan fingerprint density at radius 3 is 1.46 bits per heavy atom. The van der Waals surface area contributed by atoms with Crippen LogP contribution >= 0.6 is 0 Å². The standard InChI is InChI=1S/C56H59BN2/c1-55(2,3)42-24-28-48-50(34-42)58(44-26-22-36-14-7-9-17-39(36)30-44)52-32-41(47-21-13-19-38-16-11-12-20-46(38)47)33-53-54(52)57(48)49-29-25-43(56(4,5)6)35-51(49)59(53)45-27-23-37-15-8-10-18-40(37)31-45/h7-12,14-18,20,24-25,28-29,32-35,44-45,47H,13,19,21-23,26-27,30-31H2,1-6H3. The highest BCUT2D eigenvalue weighted by Crippen LogP contribution is 2.48. The molecule has 0 spiro atoms. The summed E-state index contributed by atoms with van der Waals surface area (Å²) in [5, 5.41) is 0. The molecule has 5 aliphatic rings. The van der Waals surface area contributed by atoms with Crippen LogP contribution in [-0.4, -0.2) is 18.8 Å². The molecule has 0 saturated heterocycles. The Morgan fingerprint density at radius 1 is 0.475 bits per heavy atom. The summed E-state index contributed by atoms with van der Waals surface area (Å²) in [5.41, 5.74) is 23.8. The highest BCUT2D eigenvalue weighted by atomic mass is 15.2. The minimum atomic E-state index is 0.0408. The second-order valence-corrected chi connectivity index (χ2v) is 20.7. The largest absolute Gasteiger partial charge is 0.339 e. The van der Waals surface area contributed by atoms with Crippen LogP contribution in [0.1, 0.15) is 123 Å². The van der Waals surface area contributed by atoms with Gasteiger partial charge in [-0.2, -0.15) is 0 Å². The Labute approximate surface area is 353 Å². The fraction of sp³-hybridized carbons (Fsp3) is 0.357. The van der Waals surface area contributed by atoms with Crippen molar-refractivity contribution in [2.45, 2.75) is 128 Å². The Balaban J connectivity index is 1.21. The van der Waals surface area contributed by atoms with Gasteiger partial charge in [0.15, 0.2) is 0 Å². The van der Waals surface area contributed by atoms with Crippen molar-refractivity contribution in [1.82, 2.24) is 0 Å². The van der Waals surface area contributed by atoms with E-state index in [0.29, 0.717) is 18.0 Å². The van der Waals surface area contributed by atoms with Gasteiger partial charge in [-0.3, -0.25) is 0 Å². The topological polar surface area (TPSA) is 6.48 Å². The maximum atomic E-state index is 2.89. The number of fused-ring (bicyclic) bond motifs is 7. The van der Waals surface area contributed by atoms with Crippen molar-refractivity contribution in [3.05, 3.63) is 171 Å². The maximum absolute atomic E-state index is 2.89. The van der Waals surface area contributed by atoms with Crippen LogP contribution in [0.5, 0.6) is 0 Å². The van der Waals surface area contributed by atoms with Crippen molar-refractivity contribution >= 4 is 45.9 Å². The van der Waals surface area contributed by atoms with Crippen LogP contribution in [0.15, 0.2) is 121 Å². The molecular weight excluding hydrogens is 711 g/mol. The molecule has 296 valence electrons. The molecule has 3 unspecified atom stereocenters. The van der Waals surface area contributed by atoms with Gasteiger partial charge < -0.3 is 9.80 Å². The van der Waals surface area contributed by atoms with Gasteiger partial charge >= 0.3 is 0 Å². The van der Waals surface area contributed by atoms with Crippen LogP contribution in [0.2, 0.25) is 0 Å². The normalized spacial score (nSPS) is 20.5. The van der Waals surface area contributed by atoms with Gasteiger partial charge in [0.25, 0.3) is 6.71 Å².